The lowest BCUT2D eigenvalue weighted by Crippen LogP contribution is -2.10. The third kappa shape index (κ3) is 1.84. The van der Waals surface area contributed by atoms with Crippen molar-refractivity contribution in [1.29, 1.82) is 0 Å². The first-order valence-electron chi connectivity index (χ1n) is 5.48. The summed E-state index contributed by atoms with van der Waals surface area (Å²) in [6, 6.07) is 14.9. The Morgan fingerprint density at radius 1 is 1.06 bits per heavy atom. The van der Waals surface area contributed by atoms with Gasteiger partial charge in [0, 0.05) is 10.0 Å². The highest BCUT2D eigenvalue weighted by Gasteiger charge is 2.11. The number of hydrogen-bond donors (Lipinski definition) is 0. The third-order valence-corrected chi connectivity index (χ3v) is 3.29. The van der Waals surface area contributed by atoms with Gasteiger partial charge in [-0.15, -0.1) is 0 Å². The minimum atomic E-state index is -0.0730. The second-order valence-corrected chi connectivity index (χ2v) is 4.83. The molecule has 3 aromatic rings. The SMILES string of the molecule is O=C(c1ccc(Br)cc1)n1cnc2ccccc21. The molecule has 88 valence electrons. The van der Waals surface area contributed by atoms with E-state index in [0.29, 0.717) is 5.56 Å². The van der Waals surface area contributed by atoms with E-state index in [-0.39, 0.29) is 5.91 Å². The van der Waals surface area contributed by atoms with Gasteiger partial charge in [0.15, 0.2) is 0 Å². The topological polar surface area (TPSA) is 34.9 Å². The van der Waals surface area contributed by atoms with Crippen molar-refractivity contribution in [3.05, 3.63) is 64.9 Å². The van der Waals surface area contributed by atoms with Gasteiger partial charge in [-0.05, 0) is 36.4 Å². The third-order valence-electron chi connectivity index (χ3n) is 2.76. The maximum Gasteiger partial charge on any atom is 0.263 e. The van der Waals surface area contributed by atoms with Gasteiger partial charge in [0.25, 0.3) is 5.91 Å². The predicted octanol–water partition coefficient (Wildman–Crippen LogP) is 3.49. The summed E-state index contributed by atoms with van der Waals surface area (Å²) in [6.45, 7) is 0. The predicted molar refractivity (Wildman–Crippen MR) is 73.6 cm³/mol. The Balaban J connectivity index is 2.09. The van der Waals surface area contributed by atoms with Gasteiger partial charge in [-0.1, -0.05) is 28.1 Å². The van der Waals surface area contributed by atoms with Gasteiger partial charge in [0.1, 0.15) is 6.33 Å². The molecule has 1 heterocycles. The van der Waals surface area contributed by atoms with E-state index in [4.69, 9.17) is 0 Å². The highest BCUT2D eigenvalue weighted by Crippen LogP contribution is 2.16. The van der Waals surface area contributed by atoms with Crippen LogP contribution in [-0.4, -0.2) is 15.5 Å². The number of nitrogens with zero attached hydrogens (tertiary/aromatic N) is 2. The number of carbonyl (C=O) groups excluding carboxylic acids is 1. The molecule has 0 atom stereocenters. The van der Waals surface area contributed by atoms with Crippen LogP contribution in [0.1, 0.15) is 10.4 Å². The van der Waals surface area contributed by atoms with Crippen LogP contribution in [0.2, 0.25) is 0 Å². The molecule has 1 aromatic heterocycles. The van der Waals surface area contributed by atoms with Crippen molar-refractivity contribution in [1.82, 2.24) is 9.55 Å². The molecule has 0 amide bonds. The first kappa shape index (κ1) is 11.2. The molecule has 0 unspecified atom stereocenters. The van der Waals surface area contributed by atoms with E-state index in [9.17, 15) is 4.79 Å². The molecule has 0 aliphatic carbocycles. The number of imidazole rings is 1. The number of hydrogen-bond acceptors (Lipinski definition) is 2. The summed E-state index contributed by atoms with van der Waals surface area (Å²) in [7, 11) is 0. The lowest BCUT2D eigenvalue weighted by atomic mass is 10.2. The quantitative estimate of drug-likeness (QED) is 0.689. The van der Waals surface area contributed by atoms with Crippen molar-refractivity contribution >= 4 is 32.9 Å². The highest BCUT2D eigenvalue weighted by atomic mass is 79.9. The first-order valence-corrected chi connectivity index (χ1v) is 6.27. The zero-order chi connectivity index (χ0) is 12.5. The summed E-state index contributed by atoms with van der Waals surface area (Å²) in [5.41, 5.74) is 2.29. The summed E-state index contributed by atoms with van der Waals surface area (Å²) < 4.78 is 2.52. The Morgan fingerprint density at radius 2 is 1.78 bits per heavy atom. The van der Waals surface area contributed by atoms with Crippen LogP contribution in [0.4, 0.5) is 0 Å². The van der Waals surface area contributed by atoms with Gasteiger partial charge in [0.05, 0.1) is 11.0 Å². The minimum absolute atomic E-state index is 0.0730. The molecule has 0 radical (unpaired) electrons. The molecule has 0 bridgehead atoms. The highest BCUT2D eigenvalue weighted by molar-refractivity contribution is 9.10. The molecule has 0 aliphatic heterocycles. The van der Waals surface area contributed by atoms with E-state index in [1.165, 1.54) is 0 Å². The number of benzene rings is 2. The fraction of sp³-hybridized carbons (Fsp3) is 0. The summed E-state index contributed by atoms with van der Waals surface area (Å²) in [5, 5.41) is 0. The summed E-state index contributed by atoms with van der Waals surface area (Å²) in [5.74, 6) is -0.0730. The van der Waals surface area contributed by atoms with Crippen LogP contribution in [0, 0.1) is 0 Å². The van der Waals surface area contributed by atoms with Gasteiger partial charge in [-0.3, -0.25) is 9.36 Å². The van der Waals surface area contributed by atoms with Crippen molar-refractivity contribution in [3.63, 3.8) is 0 Å². The van der Waals surface area contributed by atoms with E-state index >= 15 is 0 Å². The van der Waals surface area contributed by atoms with Crippen molar-refractivity contribution < 1.29 is 4.79 Å². The standard InChI is InChI=1S/C14H9BrN2O/c15-11-7-5-10(6-8-11)14(18)17-9-16-12-3-1-2-4-13(12)17/h1-9H. The Kier molecular flexibility index (Phi) is 2.72. The number of carbonyl (C=O) groups is 1. The van der Waals surface area contributed by atoms with E-state index in [0.717, 1.165) is 15.5 Å². The van der Waals surface area contributed by atoms with Gasteiger partial charge in [-0.25, -0.2) is 4.98 Å². The molecule has 0 saturated carbocycles. The Bertz CT molecular complexity index is 716. The fourth-order valence-corrected chi connectivity index (χ4v) is 2.12. The lowest BCUT2D eigenvalue weighted by Gasteiger charge is -2.03. The van der Waals surface area contributed by atoms with Crippen molar-refractivity contribution in [2.24, 2.45) is 0 Å². The van der Waals surface area contributed by atoms with Crippen LogP contribution in [0.25, 0.3) is 11.0 Å². The summed E-state index contributed by atoms with van der Waals surface area (Å²) in [6.07, 6.45) is 1.56. The molecule has 18 heavy (non-hydrogen) atoms. The molecule has 0 saturated heterocycles. The van der Waals surface area contributed by atoms with E-state index in [2.05, 4.69) is 20.9 Å². The van der Waals surface area contributed by atoms with Crippen LogP contribution >= 0.6 is 15.9 Å². The summed E-state index contributed by atoms with van der Waals surface area (Å²) >= 11 is 3.35. The molecule has 0 N–H and O–H groups in total. The number of fused-ring (bicyclic) bond motifs is 1. The molecule has 0 aliphatic rings. The van der Waals surface area contributed by atoms with Gasteiger partial charge >= 0.3 is 0 Å². The number of aromatic nitrogens is 2. The largest absolute Gasteiger partial charge is 0.268 e. The average Bonchev–Trinajstić information content (AvgIpc) is 2.82. The molecule has 3 nitrogen and oxygen atoms in total. The van der Waals surface area contributed by atoms with Gasteiger partial charge < -0.3 is 0 Å². The average molecular weight is 301 g/mol. The van der Waals surface area contributed by atoms with Crippen molar-refractivity contribution in [2.75, 3.05) is 0 Å². The van der Waals surface area contributed by atoms with Crippen LogP contribution in [0.5, 0.6) is 0 Å². The summed E-state index contributed by atoms with van der Waals surface area (Å²) in [4.78, 5) is 16.6. The number of halogens is 1. The number of para-hydroxylation sites is 2. The maximum absolute atomic E-state index is 12.3. The van der Waals surface area contributed by atoms with Crippen LogP contribution in [-0.2, 0) is 0 Å². The molecular formula is C14H9BrN2O. The van der Waals surface area contributed by atoms with Crippen LogP contribution in [0.3, 0.4) is 0 Å². The second-order valence-electron chi connectivity index (χ2n) is 3.92. The lowest BCUT2D eigenvalue weighted by molar-refractivity contribution is 0.0964. The van der Waals surface area contributed by atoms with E-state index in [1.54, 1.807) is 23.0 Å². The van der Waals surface area contributed by atoms with E-state index < -0.39 is 0 Å². The smallest absolute Gasteiger partial charge is 0.263 e. The normalized spacial score (nSPS) is 10.7. The zero-order valence-corrected chi connectivity index (χ0v) is 11.0. The first-order chi connectivity index (χ1) is 8.75. The van der Waals surface area contributed by atoms with Crippen LogP contribution < -0.4 is 0 Å². The molecule has 3 rings (SSSR count). The molecule has 4 heteroatoms. The Hall–Kier alpha value is -1.94. The van der Waals surface area contributed by atoms with Crippen molar-refractivity contribution in [3.8, 4) is 0 Å². The van der Waals surface area contributed by atoms with Gasteiger partial charge in [0.2, 0.25) is 0 Å². The number of rotatable bonds is 1. The maximum atomic E-state index is 12.3. The van der Waals surface area contributed by atoms with Crippen LogP contribution in [0.15, 0.2) is 59.3 Å². The minimum Gasteiger partial charge on any atom is -0.268 e. The second kappa shape index (κ2) is 4.38. The molecular weight excluding hydrogens is 292 g/mol. The Labute approximate surface area is 112 Å². The Morgan fingerprint density at radius 3 is 2.56 bits per heavy atom. The fourth-order valence-electron chi connectivity index (χ4n) is 1.85. The molecule has 2 aromatic carbocycles. The monoisotopic (exact) mass is 300 g/mol. The van der Waals surface area contributed by atoms with E-state index in [1.807, 2.05) is 36.4 Å². The van der Waals surface area contributed by atoms with Crippen molar-refractivity contribution in [2.45, 2.75) is 0 Å². The van der Waals surface area contributed by atoms with Gasteiger partial charge in [-0.2, -0.15) is 0 Å². The molecule has 0 fully saturated rings. The zero-order valence-electron chi connectivity index (χ0n) is 9.38. The molecule has 0 spiro atoms.